The Morgan fingerprint density at radius 3 is 1.23 bits per heavy atom. The van der Waals surface area contributed by atoms with Gasteiger partial charge in [-0.15, -0.1) is 0 Å². The van der Waals surface area contributed by atoms with E-state index in [1.54, 1.807) is 0 Å². The van der Waals surface area contributed by atoms with Crippen molar-refractivity contribution in [1.82, 2.24) is 29.9 Å². The van der Waals surface area contributed by atoms with Gasteiger partial charge in [-0.3, -0.25) is 0 Å². The van der Waals surface area contributed by atoms with Gasteiger partial charge >= 0.3 is 0 Å². The predicted molar refractivity (Wildman–Crippen MR) is 235 cm³/mol. The fraction of sp³-hybridized carbons (Fsp3) is 0. The van der Waals surface area contributed by atoms with Crippen LogP contribution in [-0.4, -0.2) is 29.9 Å². The third-order valence-electron chi connectivity index (χ3n) is 10.4. The number of nitrogens with zero attached hydrogens (tertiary/aromatic N) is 6. The van der Waals surface area contributed by atoms with Crippen molar-refractivity contribution in [3.05, 3.63) is 194 Å². The minimum atomic E-state index is 0.490. The molecule has 60 heavy (non-hydrogen) atoms. The van der Waals surface area contributed by atoms with Crippen molar-refractivity contribution in [2.24, 2.45) is 0 Å². The van der Waals surface area contributed by atoms with Crippen LogP contribution in [0.15, 0.2) is 194 Å². The van der Waals surface area contributed by atoms with Gasteiger partial charge in [0.25, 0.3) is 0 Å². The summed E-state index contributed by atoms with van der Waals surface area (Å²) in [6.45, 7) is 0. The Morgan fingerprint density at radius 1 is 0.233 bits per heavy atom. The molecule has 1 aliphatic rings. The molecule has 8 heteroatoms. The third-order valence-corrected chi connectivity index (χ3v) is 10.4. The second-order valence-electron chi connectivity index (χ2n) is 14.3. The van der Waals surface area contributed by atoms with E-state index in [2.05, 4.69) is 42.5 Å². The van der Waals surface area contributed by atoms with Crippen LogP contribution in [0.25, 0.3) is 90.2 Å². The molecule has 0 fully saturated rings. The smallest absolute Gasteiger partial charge is 0.170 e. The number of aromatic nitrogens is 6. The highest BCUT2D eigenvalue weighted by molar-refractivity contribution is 5.88. The monoisotopic (exact) mass is 772 g/mol. The minimum absolute atomic E-state index is 0.490. The van der Waals surface area contributed by atoms with Crippen LogP contribution in [0, 0.1) is 0 Å². The van der Waals surface area contributed by atoms with Crippen molar-refractivity contribution in [1.29, 1.82) is 0 Å². The Balaban J connectivity index is 1.13. The van der Waals surface area contributed by atoms with E-state index < -0.39 is 0 Å². The second kappa shape index (κ2) is 14.9. The Hall–Kier alpha value is -8.36. The lowest BCUT2D eigenvalue weighted by Gasteiger charge is -2.21. The van der Waals surface area contributed by atoms with E-state index >= 15 is 0 Å². The van der Waals surface area contributed by atoms with Gasteiger partial charge in [-0.05, 0) is 58.3 Å². The van der Waals surface area contributed by atoms with Crippen LogP contribution in [0.4, 0.5) is 0 Å². The molecule has 0 aliphatic carbocycles. The molecule has 0 amide bonds. The summed E-state index contributed by atoms with van der Waals surface area (Å²) in [4.78, 5) is 30.6. The summed E-state index contributed by atoms with van der Waals surface area (Å²) in [5.41, 5.74) is 6.81. The van der Waals surface area contributed by atoms with Crippen LogP contribution in [-0.2, 0) is 0 Å². The molecule has 282 valence electrons. The lowest BCUT2D eigenvalue weighted by molar-refractivity contribution is 0.360. The Morgan fingerprint density at radius 2 is 0.650 bits per heavy atom. The lowest BCUT2D eigenvalue weighted by Crippen LogP contribution is -2.03. The molecule has 2 aromatic heterocycles. The number of hydrogen-bond donors (Lipinski definition) is 0. The molecule has 0 N–H and O–H groups in total. The van der Waals surface area contributed by atoms with Crippen LogP contribution < -0.4 is 9.47 Å². The summed E-state index contributed by atoms with van der Waals surface area (Å²) >= 11 is 0. The summed E-state index contributed by atoms with van der Waals surface area (Å²) in [5, 5.41) is 2.23. The molecule has 0 spiro atoms. The standard InChI is InChI=1S/C52H32N6O2/c1-4-15-34(16-5-1)47-53-48(35-17-6-2-7-18-35)55-51(54-47)40-26-28-41(38-27-29-45-46(32-38)60-44-23-13-12-22-43(44)59-45)42(31-40)52-57-49(36-19-8-3-9-20-36)56-50(58-52)39-25-24-33-14-10-11-21-37(33)30-39/h1-32H. The molecular formula is C52H32N6O2. The molecule has 0 saturated carbocycles. The zero-order valence-corrected chi connectivity index (χ0v) is 32.0. The molecule has 1 aliphatic heterocycles. The fourth-order valence-electron chi connectivity index (χ4n) is 7.42. The second-order valence-corrected chi connectivity index (χ2v) is 14.3. The molecule has 8 nitrogen and oxygen atoms in total. The predicted octanol–water partition coefficient (Wildman–Crippen LogP) is 12.8. The molecular weight excluding hydrogens is 741 g/mol. The first-order chi connectivity index (χ1) is 29.7. The highest BCUT2D eigenvalue weighted by Crippen LogP contribution is 2.47. The molecule has 8 aromatic carbocycles. The number of benzene rings is 8. The van der Waals surface area contributed by atoms with E-state index in [-0.39, 0.29) is 0 Å². The highest BCUT2D eigenvalue weighted by atomic mass is 16.6. The maximum atomic E-state index is 6.38. The van der Waals surface area contributed by atoms with Crippen molar-refractivity contribution in [2.75, 3.05) is 0 Å². The zero-order valence-electron chi connectivity index (χ0n) is 32.0. The van der Waals surface area contributed by atoms with Crippen LogP contribution in [0.1, 0.15) is 0 Å². The summed E-state index contributed by atoms with van der Waals surface area (Å²) < 4.78 is 12.6. The van der Waals surface area contributed by atoms with Crippen molar-refractivity contribution in [3.63, 3.8) is 0 Å². The van der Waals surface area contributed by atoms with Gasteiger partial charge in [0.2, 0.25) is 0 Å². The molecule has 0 radical (unpaired) electrons. The largest absolute Gasteiger partial charge is 0.450 e. The Kier molecular flexibility index (Phi) is 8.63. The van der Waals surface area contributed by atoms with Gasteiger partial charge in [-0.2, -0.15) is 0 Å². The van der Waals surface area contributed by atoms with E-state index in [4.69, 9.17) is 39.4 Å². The van der Waals surface area contributed by atoms with Crippen LogP contribution in [0.3, 0.4) is 0 Å². The summed E-state index contributed by atoms with van der Waals surface area (Å²) in [5.74, 6) is 5.82. The Labute approximate surface area is 345 Å². The highest BCUT2D eigenvalue weighted by Gasteiger charge is 2.23. The fourth-order valence-corrected chi connectivity index (χ4v) is 7.42. The lowest BCUT2D eigenvalue weighted by atomic mass is 9.96. The van der Waals surface area contributed by atoms with Gasteiger partial charge in [0.15, 0.2) is 57.9 Å². The van der Waals surface area contributed by atoms with E-state index in [1.807, 2.05) is 152 Å². The normalized spacial score (nSPS) is 11.6. The maximum Gasteiger partial charge on any atom is 0.170 e. The van der Waals surface area contributed by atoms with Crippen molar-refractivity contribution in [2.45, 2.75) is 0 Å². The quantitative estimate of drug-likeness (QED) is 0.158. The molecule has 0 saturated heterocycles. The van der Waals surface area contributed by atoms with E-state index in [0.29, 0.717) is 57.9 Å². The van der Waals surface area contributed by atoms with E-state index in [9.17, 15) is 0 Å². The molecule has 0 unspecified atom stereocenters. The van der Waals surface area contributed by atoms with Gasteiger partial charge in [0.05, 0.1) is 0 Å². The average Bonchev–Trinajstić information content (AvgIpc) is 3.33. The first-order valence-electron chi connectivity index (χ1n) is 19.6. The summed E-state index contributed by atoms with van der Waals surface area (Å²) in [6, 6.07) is 64.3. The first kappa shape index (κ1) is 34.9. The van der Waals surface area contributed by atoms with Gasteiger partial charge in [0.1, 0.15) is 0 Å². The van der Waals surface area contributed by atoms with Gasteiger partial charge in [0, 0.05) is 33.4 Å². The van der Waals surface area contributed by atoms with Crippen molar-refractivity contribution >= 4 is 10.8 Å². The molecule has 3 heterocycles. The van der Waals surface area contributed by atoms with Gasteiger partial charge < -0.3 is 9.47 Å². The van der Waals surface area contributed by atoms with Crippen molar-refractivity contribution < 1.29 is 9.47 Å². The number of fused-ring (bicyclic) bond motifs is 3. The van der Waals surface area contributed by atoms with Crippen LogP contribution in [0.5, 0.6) is 23.0 Å². The van der Waals surface area contributed by atoms with Crippen LogP contribution in [0.2, 0.25) is 0 Å². The van der Waals surface area contributed by atoms with Gasteiger partial charge in [-0.25, -0.2) is 29.9 Å². The Bertz CT molecular complexity index is 3160. The van der Waals surface area contributed by atoms with Crippen LogP contribution >= 0.6 is 0 Å². The SMILES string of the molecule is c1ccc(-c2nc(-c3ccccc3)nc(-c3ccc(-c4ccc5c(c4)Oc4ccccc4O5)c(-c4nc(-c5ccccc5)nc(-c5ccc6ccccc6c5)n4)c3)n2)cc1. The molecule has 11 rings (SSSR count). The molecule has 0 bridgehead atoms. The maximum absolute atomic E-state index is 6.38. The minimum Gasteiger partial charge on any atom is -0.450 e. The zero-order chi connectivity index (χ0) is 39.8. The number of ether oxygens (including phenoxy) is 2. The summed E-state index contributed by atoms with van der Waals surface area (Å²) in [7, 11) is 0. The van der Waals surface area contributed by atoms with Crippen molar-refractivity contribution in [3.8, 4) is 102 Å². The average molecular weight is 773 g/mol. The number of para-hydroxylation sites is 2. The van der Waals surface area contributed by atoms with Gasteiger partial charge in [-0.1, -0.05) is 158 Å². The third kappa shape index (κ3) is 6.68. The molecule has 10 aromatic rings. The first-order valence-corrected chi connectivity index (χ1v) is 19.6. The topological polar surface area (TPSA) is 95.8 Å². The van der Waals surface area contributed by atoms with E-state index in [0.717, 1.165) is 55.3 Å². The molecule has 0 atom stereocenters. The summed E-state index contributed by atoms with van der Waals surface area (Å²) in [6.07, 6.45) is 0. The number of hydrogen-bond acceptors (Lipinski definition) is 8. The number of rotatable bonds is 7. The van der Waals surface area contributed by atoms with E-state index in [1.165, 1.54) is 0 Å².